The molecule has 21 heavy (non-hydrogen) atoms. The summed E-state index contributed by atoms with van der Waals surface area (Å²) in [5.74, 6) is -8.83. The number of carbonyl (C=O) groups is 1. The molecule has 0 aliphatic carbocycles. The Hall–Kier alpha value is -1.20. The highest BCUT2D eigenvalue weighted by atomic mass is 19.4. The zero-order chi connectivity index (χ0) is 17.3. The predicted octanol–water partition coefficient (Wildman–Crippen LogP) is 2.77. The Morgan fingerprint density at radius 2 is 1.43 bits per heavy atom. The van der Waals surface area contributed by atoms with Crippen LogP contribution in [0, 0.1) is 0 Å². The first kappa shape index (κ1) is 19.8. The van der Waals surface area contributed by atoms with Gasteiger partial charge in [-0.15, -0.1) is 0 Å². The van der Waals surface area contributed by atoms with Gasteiger partial charge in [-0.3, -0.25) is 0 Å². The zero-order valence-electron chi connectivity index (χ0n) is 10.2. The van der Waals surface area contributed by atoms with Gasteiger partial charge in [-0.1, -0.05) is 0 Å². The molecule has 1 N–H and O–H groups in total. The van der Waals surface area contributed by atoms with Gasteiger partial charge in [0.05, 0.1) is 6.61 Å². The SMILES string of the molecule is CCOC(=O)C(O)CC(F)(C(F)(F)F)C(F)(F)C(F)(F)F. The van der Waals surface area contributed by atoms with Crippen molar-refractivity contribution in [3.05, 3.63) is 0 Å². The number of aliphatic hydroxyl groups is 1. The van der Waals surface area contributed by atoms with Gasteiger partial charge in [-0.05, 0) is 6.92 Å². The maximum atomic E-state index is 13.5. The average Bonchev–Trinajstić information content (AvgIpc) is 2.25. The Morgan fingerprint density at radius 3 is 1.71 bits per heavy atom. The summed E-state index contributed by atoms with van der Waals surface area (Å²) < 4.78 is 116. The van der Waals surface area contributed by atoms with Crippen LogP contribution in [-0.2, 0) is 9.53 Å². The van der Waals surface area contributed by atoms with Crippen LogP contribution in [0.25, 0.3) is 0 Å². The second-order valence-electron chi connectivity index (χ2n) is 3.84. The van der Waals surface area contributed by atoms with Gasteiger partial charge < -0.3 is 9.84 Å². The van der Waals surface area contributed by atoms with Gasteiger partial charge in [-0.2, -0.15) is 35.1 Å². The van der Waals surface area contributed by atoms with Crippen LogP contribution in [0.5, 0.6) is 0 Å². The fourth-order valence-electron chi connectivity index (χ4n) is 1.23. The summed E-state index contributed by atoms with van der Waals surface area (Å²) in [5.41, 5.74) is -6.19. The van der Waals surface area contributed by atoms with Crippen molar-refractivity contribution < 1.29 is 54.2 Å². The summed E-state index contributed by atoms with van der Waals surface area (Å²) >= 11 is 0. The van der Waals surface area contributed by atoms with Crippen LogP contribution in [0.2, 0.25) is 0 Å². The second kappa shape index (κ2) is 5.89. The van der Waals surface area contributed by atoms with Gasteiger partial charge in [0.25, 0.3) is 5.67 Å². The highest BCUT2D eigenvalue weighted by Crippen LogP contribution is 2.54. The Labute approximate surface area is 111 Å². The normalized spacial score (nSPS) is 18.0. The number of hydrogen-bond acceptors (Lipinski definition) is 3. The number of halogens is 9. The third kappa shape index (κ3) is 3.71. The van der Waals surface area contributed by atoms with E-state index in [2.05, 4.69) is 4.74 Å². The summed E-state index contributed by atoms with van der Waals surface area (Å²) in [6.45, 7) is 0.595. The molecule has 126 valence electrons. The van der Waals surface area contributed by atoms with Gasteiger partial charge >= 0.3 is 24.2 Å². The molecule has 0 rings (SSSR count). The maximum Gasteiger partial charge on any atom is 0.457 e. The van der Waals surface area contributed by atoms with E-state index in [-0.39, 0.29) is 0 Å². The molecule has 0 aliphatic rings. The van der Waals surface area contributed by atoms with E-state index in [4.69, 9.17) is 5.11 Å². The molecule has 0 heterocycles. The third-order valence-corrected chi connectivity index (χ3v) is 2.34. The van der Waals surface area contributed by atoms with E-state index in [0.717, 1.165) is 6.92 Å². The van der Waals surface area contributed by atoms with Gasteiger partial charge in [0.15, 0.2) is 6.10 Å². The summed E-state index contributed by atoms with van der Waals surface area (Å²) in [7, 11) is 0. The molecule has 0 aliphatic heterocycles. The monoisotopic (exact) mass is 336 g/mol. The molecular weight excluding hydrogens is 327 g/mol. The van der Waals surface area contributed by atoms with Crippen LogP contribution in [0.1, 0.15) is 13.3 Å². The van der Waals surface area contributed by atoms with E-state index in [1.54, 1.807) is 0 Å². The summed E-state index contributed by atoms with van der Waals surface area (Å²) in [4.78, 5) is 10.8. The minimum absolute atomic E-state index is 0.517. The molecule has 0 radical (unpaired) electrons. The van der Waals surface area contributed by atoms with Crippen molar-refractivity contribution in [2.45, 2.75) is 43.4 Å². The zero-order valence-corrected chi connectivity index (χ0v) is 10.2. The molecule has 2 unspecified atom stereocenters. The molecule has 0 aromatic carbocycles. The fourth-order valence-corrected chi connectivity index (χ4v) is 1.23. The Kier molecular flexibility index (Phi) is 5.55. The molecule has 0 aromatic rings. The topological polar surface area (TPSA) is 46.5 Å². The molecule has 12 heteroatoms. The minimum Gasteiger partial charge on any atom is -0.464 e. The van der Waals surface area contributed by atoms with Crippen molar-refractivity contribution in [1.82, 2.24) is 0 Å². The van der Waals surface area contributed by atoms with Crippen LogP contribution < -0.4 is 0 Å². The summed E-state index contributed by atoms with van der Waals surface area (Å²) in [6.07, 6.45) is -19.6. The fraction of sp³-hybridized carbons (Fsp3) is 0.889. The Balaban J connectivity index is 5.66. The molecule has 0 saturated carbocycles. The van der Waals surface area contributed by atoms with Gasteiger partial charge in [0.2, 0.25) is 0 Å². The van der Waals surface area contributed by atoms with E-state index in [0.29, 0.717) is 0 Å². The lowest BCUT2D eigenvalue weighted by Gasteiger charge is -2.36. The lowest BCUT2D eigenvalue weighted by Crippen LogP contribution is -2.63. The molecular formula is C9H9F9O3. The molecule has 2 atom stereocenters. The van der Waals surface area contributed by atoms with Crippen LogP contribution in [-0.4, -0.2) is 47.7 Å². The number of esters is 1. The number of rotatable bonds is 5. The molecule has 3 nitrogen and oxygen atoms in total. The van der Waals surface area contributed by atoms with Crippen LogP contribution in [0.15, 0.2) is 0 Å². The lowest BCUT2D eigenvalue weighted by molar-refractivity contribution is -0.386. The van der Waals surface area contributed by atoms with E-state index in [9.17, 15) is 44.3 Å². The van der Waals surface area contributed by atoms with Gasteiger partial charge in [0, 0.05) is 6.42 Å². The third-order valence-electron chi connectivity index (χ3n) is 2.34. The molecule has 0 amide bonds. The highest BCUT2D eigenvalue weighted by molar-refractivity contribution is 5.74. The van der Waals surface area contributed by atoms with E-state index in [1.807, 2.05) is 0 Å². The second-order valence-corrected chi connectivity index (χ2v) is 3.84. The lowest BCUT2D eigenvalue weighted by atomic mass is 9.89. The standard InChI is InChI=1S/C9H9F9O3/c1-2-21-5(20)4(19)3-6(10,8(13,14)15)7(11,12)9(16,17)18/h4,19H,2-3H2,1H3. The maximum absolute atomic E-state index is 13.5. The minimum atomic E-state index is -6.88. The molecule has 0 aromatic heterocycles. The number of hydrogen-bond donors (Lipinski definition) is 1. The quantitative estimate of drug-likeness (QED) is 0.620. The van der Waals surface area contributed by atoms with E-state index >= 15 is 0 Å². The average molecular weight is 336 g/mol. The van der Waals surface area contributed by atoms with E-state index < -0.39 is 49.0 Å². The van der Waals surface area contributed by atoms with Crippen molar-refractivity contribution in [2.75, 3.05) is 6.61 Å². The smallest absolute Gasteiger partial charge is 0.457 e. The molecule has 0 spiro atoms. The summed E-state index contributed by atoms with van der Waals surface area (Å²) in [5, 5.41) is 8.86. The Morgan fingerprint density at radius 1 is 1.00 bits per heavy atom. The number of aliphatic hydroxyl groups excluding tert-OH is 1. The first-order valence-electron chi connectivity index (χ1n) is 5.16. The molecule has 0 saturated heterocycles. The largest absolute Gasteiger partial charge is 0.464 e. The van der Waals surface area contributed by atoms with Gasteiger partial charge in [0.1, 0.15) is 0 Å². The molecule has 0 bridgehead atoms. The first-order chi connectivity index (χ1) is 9.12. The van der Waals surface area contributed by atoms with Crippen molar-refractivity contribution >= 4 is 5.97 Å². The number of carbonyl (C=O) groups excluding carboxylic acids is 1. The predicted molar refractivity (Wildman–Crippen MR) is 48.2 cm³/mol. The van der Waals surface area contributed by atoms with Crippen molar-refractivity contribution in [1.29, 1.82) is 0 Å². The van der Waals surface area contributed by atoms with E-state index in [1.165, 1.54) is 0 Å². The van der Waals surface area contributed by atoms with Crippen molar-refractivity contribution in [3.8, 4) is 0 Å². The van der Waals surface area contributed by atoms with Crippen LogP contribution >= 0.6 is 0 Å². The Bertz CT molecular complexity index is 376. The van der Waals surface area contributed by atoms with Gasteiger partial charge in [-0.25, -0.2) is 9.18 Å². The number of alkyl halides is 9. The molecule has 0 fully saturated rings. The highest BCUT2D eigenvalue weighted by Gasteiger charge is 2.81. The van der Waals surface area contributed by atoms with Crippen molar-refractivity contribution in [2.24, 2.45) is 0 Å². The van der Waals surface area contributed by atoms with Crippen molar-refractivity contribution in [3.63, 3.8) is 0 Å². The summed E-state index contributed by atoms with van der Waals surface area (Å²) in [6, 6.07) is 0. The van der Waals surface area contributed by atoms with Crippen LogP contribution in [0.3, 0.4) is 0 Å². The number of ether oxygens (including phenoxy) is 1. The van der Waals surface area contributed by atoms with Crippen LogP contribution in [0.4, 0.5) is 39.5 Å². The first-order valence-corrected chi connectivity index (χ1v) is 5.16.